The van der Waals surface area contributed by atoms with E-state index in [0.29, 0.717) is 6.42 Å². The third-order valence-corrected chi connectivity index (χ3v) is 3.75. The number of rotatable bonds is 8. The predicted molar refractivity (Wildman–Crippen MR) is 86.8 cm³/mol. The van der Waals surface area contributed by atoms with E-state index in [0.717, 1.165) is 5.56 Å². The molecule has 23 heavy (non-hydrogen) atoms. The van der Waals surface area contributed by atoms with E-state index in [1.807, 2.05) is 44.2 Å². The molecule has 0 fully saturated rings. The fraction of sp³-hybridized carbons (Fsp3) is 0.471. The molecule has 1 rings (SSSR count). The maximum absolute atomic E-state index is 12.4. The van der Waals surface area contributed by atoms with Crippen molar-refractivity contribution in [3.63, 3.8) is 0 Å². The van der Waals surface area contributed by atoms with E-state index in [1.54, 1.807) is 0 Å². The summed E-state index contributed by atoms with van der Waals surface area (Å²) in [6.45, 7) is 5.08. The molecule has 1 aromatic carbocycles. The molecular weight excluding hydrogens is 296 g/mol. The summed E-state index contributed by atoms with van der Waals surface area (Å²) in [4.78, 5) is 35.1. The second-order valence-electron chi connectivity index (χ2n) is 5.65. The van der Waals surface area contributed by atoms with Gasteiger partial charge in [-0.1, -0.05) is 50.6 Å². The lowest BCUT2D eigenvalue weighted by molar-refractivity contribution is -0.142. The highest BCUT2D eigenvalue weighted by molar-refractivity contribution is 5.90. The highest BCUT2D eigenvalue weighted by Crippen LogP contribution is 2.10. The standard InChI is InChI=1S/C17H24N2O4/c1-4-11(2)15(18-12(3)20)16(21)19-14(17(22)23)10-13-8-6-5-7-9-13/h5-9,11,14-15H,4,10H2,1-3H3,(H,18,20)(H,19,21)(H,22,23)/t11-,14-,15-/m0/s1. The number of carboxylic acid groups (broad SMARTS) is 1. The highest BCUT2D eigenvalue weighted by Gasteiger charge is 2.29. The first-order valence-electron chi connectivity index (χ1n) is 7.69. The Bertz CT molecular complexity index is 545. The van der Waals surface area contributed by atoms with Gasteiger partial charge in [-0.2, -0.15) is 0 Å². The first kappa shape index (κ1) is 18.7. The molecule has 0 unspecified atom stereocenters. The third kappa shape index (κ3) is 6.10. The van der Waals surface area contributed by atoms with Crippen molar-refractivity contribution in [2.75, 3.05) is 0 Å². The molecule has 0 saturated heterocycles. The summed E-state index contributed by atoms with van der Waals surface area (Å²) in [5, 5.41) is 14.5. The molecule has 0 heterocycles. The van der Waals surface area contributed by atoms with Crippen LogP contribution in [0.2, 0.25) is 0 Å². The van der Waals surface area contributed by atoms with Crippen molar-refractivity contribution in [3.05, 3.63) is 35.9 Å². The van der Waals surface area contributed by atoms with E-state index in [-0.39, 0.29) is 18.2 Å². The topological polar surface area (TPSA) is 95.5 Å². The van der Waals surface area contributed by atoms with E-state index in [2.05, 4.69) is 10.6 Å². The van der Waals surface area contributed by atoms with Crippen LogP contribution in [0, 0.1) is 5.92 Å². The van der Waals surface area contributed by atoms with Crippen LogP contribution in [0.15, 0.2) is 30.3 Å². The van der Waals surface area contributed by atoms with Gasteiger partial charge in [0.15, 0.2) is 0 Å². The lowest BCUT2D eigenvalue weighted by Gasteiger charge is -2.25. The number of carbonyl (C=O) groups excluding carboxylic acids is 2. The van der Waals surface area contributed by atoms with Crippen LogP contribution in [-0.2, 0) is 20.8 Å². The van der Waals surface area contributed by atoms with E-state index < -0.39 is 24.0 Å². The Kier molecular flexibility index (Phi) is 7.25. The van der Waals surface area contributed by atoms with Gasteiger partial charge in [0.1, 0.15) is 12.1 Å². The average molecular weight is 320 g/mol. The first-order chi connectivity index (χ1) is 10.8. The lowest BCUT2D eigenvalue weighted by Crippen LogP contribution is -2.54. The molecule has 0 aliphatic heterocycles. The molecule has 0 aliphatic rings. The minimum atomic E-state index is -1.10. The average Bonchev–Trinajstić information content (AvgIpc) is 2.51. The van der Waals surface area contributed by atoms with Crippen molar-refractivity contribution in [2.45, 2.75) is 45.7 Å². The summed E-state index contributed by atoms with van der Waals surface area (Å²) in [6, 6.07) is 7.31. The molecule has 6 heteroatoms. The van der Waals surface area contributed by atoms with Crippen molar-refractivity contribution < 1.29 is 19.5 Å². The Balaban J connectivity index is 2.82. The minimum Gasteiger partial charge on any atom is -0.480 e. The molecule has 1 aromatic rings. The number of hydrogen-bond donors (Lipinski definition) is 3. The Hall–Kier alpha value is -2.37. The van der Waals surface area contributed by atoms with E-state index in [1.165, 1.54) is 6.92 Å². The normalized spacial score (nSPS) is 14.4. The van der Waals surface area contributed by atoms with Gasteiger partial charge in [-0.05, 0) is 11.5 Å². The monoisotopic (exact) mass is 320 g/mol. The Labute approximate surface area is 136 Å². The van der Waals surface area contributed by atoms with E-state index >= 15 is 0 Å². The molecule has 0 aromatic heterocycles. The summed E-state index contributed by atoms with van der Waals surface area (Å²) in [6.07, 6.45) is 0.879. The van der Waals surface area contributed by atoms with Crippen LogP contribution >= 0.6 is 0 Å². The third-order valence-electron chi connectivity index (χ3n) is 3.75. The van der Waals surface area contributed by atoms with E-state index in [4.69, 9.17) is 0 Å². The summed E-state index contributed by atoms with van der Waals surface area (Å²) in [7, 11) is 0. The van der Waals surface area contributed by atoms with Crippen molar-refractivity contribution in [1.82, 2.24) is 10.6 Å². The zero-order valence-electron chi connectivity index (χ0n) is 13.7. The number of aliphatic carboxylic acids is 1. The zero-order chi connectivity index (χ0) is 17.4. The minimum absolute atomic E-state index is 0.0925. The molecule has 3 N–H and O–H groups in total. The van der Waals surface area contributed by atoms with Gasteiger partial charge >= 0.3 is 5.97 Å². The smallest absolute Gasteiger partial charge is 0.326 e. The molecule has 126 valence electrons. The van der Waals surface area contributed by atoms with Gasteiger partial charge in [-0.15, -0.1) is 0 Å². The van der Waals surface area contributed by atoms with Crippen molar-refractivity contribution in [2.24, 2.45) is 5.92 Å². The van der Waals surface area contributed by atoms with Gasteiger partial charge in [0.05, 0.1) is 0 Å². The number of benzene rings is 1. The number of carbonyl (C=O) groups is 3. The summed E-state index contributed by atoms with van der Waals surface area (Å²) in [5.41, 5.74) is 0.819. The lowest BCUT2D eigenvalue weighted by atomic mass is 9.97. The van der Waals surface area contributed by atoms with Crippen LogP contribution in [0.1, 0.15) is 32.8 Å². The Morgan fingerprint density at radius 1 is 1.13 bits per heavy atom. The molecule has 0 spiro atoms. The molecule has 2 amide bonds. The number of amides is 2. The summed E-state index contributed by atoms with van der Waals surface area (Å²) < 4.78 is 0. The summed E-state index contributed by atoms with van der Waals surface area (Å²) >= 11 is 0. The van der Waals surface area contributed by atoms with Gasteiger partial charge in [-0.3, -0.25) is 9.59 Å². The SMILES string of the molecule is CC[C@H](C)[C@H](NC(C)=O)C(=O)N[C@@H](Cc1ccccc1)C(=O)O. The van der Waals surface area contributed by atoms with Crippen molar-refractivity contribution in [3.8, 4) is 0 Å². The van der Waals surface area contributed by atoms with Gasteiger partial charge in [0.25, 0.3) is 0 Å². The zero-order valence-corrected chi connectivity index (χ0v) is 13.7. The van der Waals surface area contributed by atoms with Crippen LogP contribution < -0.4 is 10.6 Å². The van der Waals surface area contributed by atoms with Crippen LogP contribution in [-0.4, -0.2) is 35.0 Å². The molecule has 0 saturated carbocycles. The fourth-order valence-electron chi connectivity index (χ4n) is 2.23. The van der Waals surface area contributed by atoms with Crippen molar-refractivity contribution in [1.29, 1.82) is 0 Å². The second kappa shape index (κ2) is 8.92. The molecular formula is C17H24N2O4. The van der Waals surface area contributed by atoms with Gasteiger partial charge in [0, 0.05) is 13.3 Å². The summed E-state index contributed by atoms with van der Waals surface area (Å²) in [5.74, 6) is -1.99. The fourth-order valence-corrected chi connectivity index (χ4v) is 2.23. The number of nitrogens with one attached hydrogen (secondary N) is 2. The van der Waals surface area contributed by atoms with Gasteiger partial charge < -0.3 is 15.7 Å². The quantitative estimate of drug-likeness (QED) is 0.674. The van der Waals surface area contributed by atoms with Gasteiger partial charge in [-0.25, -0.2) is 4.79 Å². The maximum atomic E-state index is 12.4. The largest absolute Gasteiger partial charge is 0.480 e. The molecule has 6 nitrogen and oxygen atoms in total. The number of carboxylic acids is 1. The Morgan fingerprint density at radius 2 is 1.74 bits per heavy atom. The number of hydrogen-bond acceptors (Lipinski definition) is 3. The highest BCUT2D eigenvalue weighted by atomic mass is 16.4. The molecule has 0 radical (unpaired) electrons. The molecule has 3 atom stereocenters. The van der Waals surface area contributed by atoms with Crippen LogP contribution in [0.25, 0.3) is 0 Å². The van der Waals surface area contributed by atoms with Crippen LogP contribution in [0.3, 0.4) is 0 Å². The van der Waals surface area contributed by atoms with E-state index in [9.17, 15) is 19.5 Å². The Morgan fingerprint density at radius 3 is 2.22 bits per heavy atom. The molecule has 0 bridgehead atoms. The van der Waals surface area contributed by atoms with Crippen LogP contribution in [0.5, 0.6) is 0 Å². The molecule has 0 aliphatic carbocycles. The van der Waals surface area contributed by atoms with Gasteiger partial charge in [0.2, 0.25) is 11.8 Å². The maximum Gasteiger partial charge on any atom is 0.326 e. The van der Waals surface area contributed by atoms with Crippen molar-refractivity contribution >= 4 is 17.8 Å². The predicted octanol–water partition coefficient (Wildman–Crippen LogP) is 1.35. The van der Waals surface area contributed by atoms with Crippen LogP contribution in [0.4, 0.5) is 0 Å². The second-order valence-corrected chi connectivity index (χ2v) is 5.65. The first-order valence-corrected chi connectivity index (χ1v) is 7.69.